The summed E-state index contributed by atoms with van der Waals surface area (Å²) in [5, 5.41) is 6.70. The summed E-state index contributed by atoms with van der Waals surface area (Å²) < 4.78 is 0. The second-order valence-electron chi connectivity index (χ2n) is 6.69. The fourth-order valence-corrected chi connectivity index (χ4v) is 3.14. The zero-order chi connectivity index (χ0) is 15.0. The summed E-state index contributed by atoms with van der Waals surface area (Å²) in [5.41, 5.74) is 1.43. The minimum absolute atomic E-state index is 0.0384. The highest BCUT2D eigenvalue weighted by Crippen LogP contribution is 2.67. The third kappa shape index (κ3) is 2.99. The standard InChI is InChI=1S/C16H23ClN2O/c1-15(2)13(16(15,3)4)9-18-10-14(20)19-12-7-5-6-11(17)8-12/h5-8,13,18H,9-10H2,1-4H3,(H,19,20). The molecule has 20 heavy (non-hydrogen) atoms. The smallest absolute Gasteiger partial charge is 0.238 e. The summed E-state index contributed by atoms with van der Waals surface area (Å²) in [6, 6.07) is 7.18. The van der Waals surface area contributed by atoms with Crippen LogP contribution in [-0.2, 0) is 4.79 Å². The third-order valence-corrected chi connectivity index (χ3v) is 5.30. The molecular formula is C16H23ClN2O. The first kappa shape index (κ1) is 15.3. The van der Waals surface area contributed by atoms with Gasteiger partial charge >= 0.3 is 0 Å². The molecule has 0 bridgehead atoms. The van der Waals surface area contributed by atoms with Crippen LogP contribution < -0.4 is 10.6 Å². The largest absolute Gasteiger partial charge is 0.325 e. The summed E-state index contributed by atoms with van der Waals surface area (Å²) in [7, 11) is 0. The van der Waals surface area contributed by atoms with Crippen molar-refractivity contribution < 1.29 is 4.79 Å². The Bertz CT molecular complexity index is 497. The van der Waals surface area contributed by atoms with Gasteiger partial charge in [-0.1, -0.05) is 45.4 Å². The van der Waals surface area contributed by atoms with Crippen molar-refractivity contribution >= 4 is 23.2 Å². The number of hydrogen-bond acceptors (Lipinski definition) is 2. The number of carbonyl (C=O) groups is 1. The summed E-state index contributed by atoms with van der Waals surface area (Å²) in [4.78, 5) is 11.8. The molecule has 1 aromatic carbocycles. The number of halogens is 1. The SMILES string of the molecule is CC1(C)C(CNCC(=O)Nc2cccc(Cl)c2)C1(C)C. The lowest BCUT2D eigenvalue weighted by atomic mass is 10.0. The van der Waals surface area contributed by atoms with Crippen molar-refractivity contribution in [3.8, 4) is 0 Å². The first-order valence-electron chi connectivity index (χ1n) is 7.01. The van der Waals surface area contributed by atoms with E-state index >= 15 is 0 Å². The summed E-state index contributed by atoms with van der Waals surface area (Å²) in [5.74, 6) is 0.581. The highest BCUT2D eigenvalue weighted by atomic mass is 35.5. The molecule has 1 aliphatic carbocycles. The number of amides is 1. The highest BCUT2D eigenvalue weighted by molar-refractivity contribution is 6.30. The topological polar surface area (TPSA) is 41.1 Å². The van der Waals surface area contributed by atoms with Gasteiger partial charge < -0.3 is 10.6 Å². The van der Waals surface area contributed by atoms with Crippen LogP contribution in [0.2, 0.25) is 5.02 Å². The number of carbonyl (C=O) groups excluding carboxylic acids is 1. The molecule has 2 N–H and O–H groups in total. The van der Waals surface area contributed by atoms with Gasteiger partial charge in [0.25, 0.3) is 0 Å². The Morgan fingerprint density at radius 3 is 2.45 bits per heavy atom. The molecule has 1 fully saturated rings. The van der Waals surface area contributed by atoms with E-state index in [1.807, 2.05) is 12.1 Å². The number of nitrogens with one attached hydrogen (secondary N) is 2. The fourth-order valence-electron chi connectivity index (χ4n) is 2.94. The van der Waals surface area contributed by atoms with Gasteiger partial charge in [0.05, 0.1) is 6.54 Å². The molecule has 1 aliphatic rings. The van der Waals surface area contributed by atoms with E-state index in [1.54, 1.807) is 12.1 Å². The molecule has 3 nitrogen and oxygen atoms in total. The lowest BCUT2D eigenvalue weighted by molar-refractivity contribution is -0.115. The van der Waals surface area contributed by atoms with Crippen molar-refractivity contribution in [1.29, 1.82) is 0 Å². The molecular weight excluding hydrogens is 272 g/mol. The van der Waals surface area contributed by atoms with Crippen LogP contribution in [0.25, 0.3) is 0 Å². The van der Waals surface area contributed by atoms with Gasteiger partial charge in [-0.05, 0) is 41.5 Å². The summed E-state index contributed by atoms with van der Waals surface area (Å²) in [6.07, 6.45) is 0. The quantitative estimate of drug-likeness (QED) is 0.872. The average Bonchev–Trinajstić information content (AvgIpc) is 2.71. The molecule has 110 valence electrons. The van der Waals surface area contributed by atoms with Gasteiger partial charge in [0, 0.05) is 10.7 Å². The normalized spacial score (nSPS) is 19.6. The molecule has 0 aromatic heterocycles. The molecule has 0 radical (unpaired) electrons. The average molecular weight is 295 g/mol. The van der Waals surface area contributed by atoms with Crippen LogP contribution in [0.3, 0.4) is 0 Å². The van der Waals surface area contributed by atoms with Gasteiger partial charge in [-0.3, -0.25) is 4.79 Å². The summed E-state index contributed by atoms with van der Waals surface area (Å²) >= 11 is 5.88. The predicted molar refractivity (Wildman–Crippen MR) is 84.0 cm³/mol. The minimum Gasteiger partial charge on any atom is -0.325 e. The van der Waals surface area contributed by atoms with Crippen LogP contribution >= 0.6 is 11.6 Å². The minimum atomic E-state index is -0.0384. The Hall–Kier alpha value is -1.06. The van der Waals surface area contributed by atoms with Crippen LogP contribution in [0.1, 0.15) is 27.7 Å². The van der Waals surface area contributed by atoms with Crippen LogP contribution in [0.4, 0.5) is 5.69 Å². The molecule has 1 saturated carbocycles. The van der Waals surface area contributed by atoms with E-state index in [0.29, 0.717) is 28.3 Å². The first-order valence-corrected chi connectivity index (χ1v) is 7.39. The number of hydrogen-bond donors (Lipinski definition) is 2. The fraction of sp³-hybridized carbons (Fsp3) is 0.562. The van der Waals surface area contributed by atoms with E-state index in [9.17, 15) is 4.79 Å². The van der Waals surface area contributed by atoms with Crippen LogP contribution in [-0.4, -0.2) is 19.0 Å². The Labute approximate surface area is 126 Å². The zero-order valence-electron chi connectivity index (χ0n) is 12.6. The number of benzene rings is 1. The Morgan fingerprint density at radius 2 is 1.90 bits per heavy atom. The van der Waals surface area contributed by atoms with Crippen LogP contribution in [0, 0.1) is 16.7 Å². The molecule has 0 spiro atoms. The molecule has 1 aromatic rings. The molecule has 4 heteroatoms. The Kier molecular flexibility index (Phi) is 4.12. The van der Waals surface area contributed by atoms with E-state index in [4.69, 9.17) is 11.6 Å². The van der Waals surface area contributed by atoms with Crippen LogP contribution in [0.15, 0.2) is 24.3 Å². The summed E-state index contributed by atoms with van der Waals surface area (Å²) in [6.45, 7) is 10.3. The monoisotopic (exact) mass is 294 g/mol. The third-order valence-electron chi connectivity index (χ3n) is 5.06. The Balaban J connectivity index is 1.74. The van der Waals surface area contributed by atoms with E-state index in [-0.39, 0.29) is 5.91 Å². The molecule has 0 heterocycles. The molecule has 1 amide bonds. The van der Waals surface area contributed by atoms with Crippen LogP contribution in [0.5, 0.6) is 0 Å². The highest BCUT2D eigenvalue weighted by Gasteiger charge is 2.63. The van der Waals surface area contributed by atoms with E-state index in [1.165, 1.54) is 0 Å². The predicted octanol–water partition coefficient (Wildman–Crippen LogP) is 3.55. The van der Waals surface area contributed by atoms with Crippen molar-refractivity contribution in [3.63, 3.8) is 0 Å². The van der Waals surface area contributed by atoms with Crippen molar-refractivity contribution in [2.45, 2.75) is 27.7 Å². The van der Waals surface area contributed by atoms with E-state index in [0.717, 1.165) is 12.2 Å². The lowest BCUT2D eigenvalue weighted by Crippen LogP contribution is -2.30. The van der Waals surface area contributed by atoms with E-state index in [2.05, 4.69) is 38.3 Å². The van der Waals surface area contributed by atoms with Gasteiger partial charge in [-0.25, -0.2) is 0 Å². The van der Waals surface area contributed by atoms with Gasteiger partial charge in [-0.2, -0.15) is 0 Å². The van der Waals surface area contributed by atoms with Gasteiger partial charge in [0.2, 0.25) is 5.91 Å². The maximum Gasteiger partial charge on any atom is 0.238 e. The second kappa shape index (κ2) is 5.38. The van der Waals surface area contributed by atoms with Gasteiger partial charge in [0.15, 0.2) is 0 Å². The molecule has 0 saturated heterocycles. The zero-order valence-corrected chi connectivity index (χ0v) is 13.3. The van der Waals surface area contributed by atoms with Gasteiger partial charge in [0.1, 0.15) is 0 Å². The van der Waals surface area contributed by atoms with Crippen molar-refractivity contribution in [2.75, 3.05) is 18.4 Å². The number of anilines is 1. The second-order valence-corrected chi connectivity index (χ2v) is 7.12. The maximum absolute atomic E-state index is 11.8. The molecule has 0 unspecified atom stereocenters. The molecule has 0 aliphatic heterocycles. The maximum atomic E-state index is 11.8. The van der Waals surface area contributed by atoms with Crippen molar-refractivity contribution in [2.24, 2.45) is 16.7 Å². The molecule has 0 atom stereocenters. The number of rotatable bonds is 5. The molecule has 2 rings (SSSR count). The van der Waals surface area contributed by atoms with Crippen molar-refractivity contribution in [1.82, 2.24) is 5.32 Å². The van der Waals surface area contributed by atoms with E-state index < -0.39 is 0 Å². The first-order chi connectivity index (χ1) is 9.25. The lowest BCUT2D eigenvalue weighted by Gasteiger charge is -2.08. The van der Waals surface area contributed by atoms with Gasteiger partial charge in [-0.15, -0.1) is 0 Å². The Morgan fingerprint density at radius 1 is 1.25 bits per heavy atom. The van der Waals surface area contributed by atoms with Crippen molar-refractivity contribution in [3.05, 3.63) is 29.3 Å².